The van der Waals surface area contributed by atoms with Crippen LogP contribution in [0.15, 0.2) is 41.0 Å². The number of imidazole rings is 1. The molecule has 0 bridgehead atoms. The highest BCUT2D eigenvalue weighted by Crippen LogP contribution is 2.32. The van der Waals surface area contributed by atoms with E-state index in [0.717, 1.165) is 21.2 Å². The zero-order valence-corrected chi connectivity index (χ0v) is 12.5. The lowest BCUT2D eigenvalue weighted by Crippen LogP contribution is -1.95. The summed E-state index contributed by atoms with van der Waals surface area (Å²) >= 11 is 9.71. The maximum atomic E-state index is 6.21. The van der Waals surface area contributed by atoms with Crippen molar-refractivity contribution < 1.29 is 0 Å². The van der Waals surface area contributed by atoms with E-state index in [1.54, 1.807) is 0 Å². The van der Waals surface area contributed by atoms with Crippen LogP contribution in [0, 0.1) is 6.92 Å². The molecule has 2 heterocycles. The highest BCUT2D eigenvalue weighted by molar-refractivity contribution is 9.10. The van der Waals surface area contributed by atoms with Gasteiger partial charge in [-0.3, -0.25) is 4.40 Å². The van der Waals surface area contributed by atoms with Gasteiger partial charge < -0.3 is 5.73 Å². The molecule has 0 atom stereocenters. The van der Waals surface area contributed by atoms with Crippen LogP contribution < -0.4 is 5.73 Å². The van der Waals surface area contributed by atoms with Crippen molar-refractivity contribution in [2.75, 3.05) is 5.73 Å². The molecule has 0 aliphatic heterocycles. The fourth-order valence-electron chi connectivity index (χ4n) is 2.03. The fourth-order valence-corrected chi connectivity index (χ4v) is 2.57. The number of benzene rings is 1. The minimum Gasteiger partial charge on any atom is -0.383 e. The molecule has 0 saturated carbocycles. The molecule has 0 aliphatic rings. The van der Waals surface area contributed by atoms with Crippen molar-refractivity contribution >= 4 is 39.0 Å². The Hall–Kier alpha value is -1.52. The van der Waals surface area contributed by atoms with Crippen molar-refractivity contribution in [3.05, 3.63) is 51.6 Å². The van der Waals surface area contributed by atoms with Gasteiger partial charge in [-0.05, 0) is 40.5 Å². The van der Waals surface area contributed by atoms with Crippen LogP contribution >= 0.6 is 27.5 Å². The zero-order valence-electron chi connectivity index (χ0n) is 10.2. The van der Waals surface area contributed by atoms with Crippen LogP contribution in [-0.2, 0) is 0 Å². The number of hydrogen-bond donors (Lipinski definition) is 1. The molecule has 0 unspecified atom stereocenters. The van der Waals surface area contributed by atoms with Crippen LogP contribution in [-0.4, -0.2) is 9.38 Å². The number of anilines is 1. The first-order valence-corrected chi connectivity index (χ1v) is 6.93. The molecule has 0 spiro atoms. The standard InChI is InChI=1S/C14H11BrClN3/c1-8-6-12-18-13(9-4-2-3-5-11(9)16)14(17)19(12)7-10(8)15/h2-7H,17H2,1H3. The number of fused-ring (bicyclic) bond motifs is 1. The molecule has 2 N–H and O–H groups in total. The maximum Gasteiger partial charge on any atom is 0.139 e. The predicted molar refractivity (Wildman–Crippen MR) is 82.5 cm³/mol. The topological polar surface area (TPSA) is 43.3 Å². The van der Waals surface area contributed by atoms with Crippen LogP contribution in [0.25, 0.3) is 16.9 Å². The average Bonchev–Trinajstić information content (AvgIpc) is 2.68. The molecule has 0 amide bonds. The Morgan fingerprint density at radius 3 is 2.79 bits per heavy atom. The third-order valence-electron chi connectivity index (χ3n) is 3.07. The molecule has 2 aromatic heterocycles. The highest BCUT2D eigenvalue weighted by Gasteiger charge is 2.14. The lowest BCUT2D eigenvalue weighted by atomic mass is 10.1. The van der Waals surface area contributed by atoms with Crippen LogP contribution in [0.1, 0.15) is 5.56 Å². The number of hydrogen-bond acceptors (Lipinski definition) is 2. The first-order chi connectivity index (χ1) is 9.08. The zero-order chi connectivity index (χ0) is 13.6. The van der Waals surface area contributed by atoms with E-state index in [-0.39, 0.29) is 0 Å². The van der Waals surface area contributed by atoms with Gasteiger partial charge in [-0.15, -0.1) is 0 Å². The molecule has 5 heteroatoms. The van der Waals surface area contributed by atoms with E-state index < -0.39 is 0 Å². The molecule has 3 nitrogen and oxygen atoms in total. The number of aryl methyl sites for hydroxylation is 1. The van der Waals surface area contributed by atoms with Crippen LogP contribution in [0.2, 0.25) is 5.02 Å². The van der Waals surface area contributed by atoms with Crippen molar-refractivity contribution in [1.29, 1.82) is 0 Å². The number of halogens is 2. The van der Waals surface area contributed by atoms with E-state index >= 15 is 0 Å². The monoisotopic (exact) mass is 335 g/mol. The average molecular weight is 337 g/mol. The van der Waals surface area contributed by atoms with Crippen LogP contribution in [0.3, 0.4) is 0 Å². The number of aromatic nitrogens is 2. The van der Waals surface area contributed by atoms with Gasteiger partial charge in [0.1, 0.15) is 17.2 Å². The largest absolute Gasteiger partial charge is 0.383 e. The Labute approximate surface area is 124 Å². The third kappa shape index (κ3) is 2.01. The lowest BCUT2D eigenvalue weighted by molar-refractivity contribution is 1.16. The van der Waals surface area contributed by atoms with E-state index in [0.29, 0.717) is 16.5 Å². The molecular formula is C14H11BrClN3. The van der Waals surface area contributed by atoms with Gasteiger partial charge in [-0.25, -0.2) is 4.98 Å². The fraction of sp³-hybridized carbons (Fsp3) is 0.0714. The molecule has 3 rings (SSSR count). The first-order valence-electron chi connectivity index (χ1n) is 5.76. The molecule has 3 aromatic rings. The Kier molecular flexibility index (Phi) is 2.99. The van der Waals surface area contributed by atoms with Gasteiger partial charge >= 0.3 is 0 Å². The summed E-state index contributed by atoms with van der Waals surface area (Å²) in [6.07, 6.45) is 1.92. The van der Waals surface area contributed by atoms with E-state index in [1.165, 1.54) is 0 Å². The molecule has 19 heavy (non-hydrogen) atoms. The lowest BCUT2D eigenvalue weighted by Gasteiger charge is -2.02. The maximum absolute atomic E-state index is 6.21. The summed E-state index contributed by atoms with van der Waals surface area (Å²) in [5, 5.41) is 0.647. The summed E-state index contributed by atoms with van der Waals surface area (Å²) < 4.78 is 2.85. The van der Waals surface area contributed by atoms with Gasteiger partial charge in [0.15, 0.2) is 0 Å². The predicted octanol–water partition coefficient (Wildman–Crippen LogP) is 4.31. The molecule has 1 aromatic carbocycles. The summed E-state index contributed by atoms with van der Waals surface area (Å²) in [6.45, 7) is 2.02. The van der Waals surface area contributed by atoms with Gasteiger partial charge in [0.05, 0.1) is 5.02 Å². The van der Waals surface area contributed by atoms with Crippen LogP contribution in [0.5, 0.6) is 0 Å². The third-order valence-corrected chi connectivity index (χ3v) is 4.23. The minimum absolute atomic E-state index is 0.587. The quantitative estimate of drug-likeness (QED) is 0.719. The molecule has 0 saturated heterocycles. The van der Waals surface area contributed by atoms with E-state index in [4.69, 9.17) is 17.3 Å². The minimum atomic E-state index is 0.587. The number of pyridine rings is 1. The van der Waals surface area contributed by atoms with Crippen LogP contribution in [0.4, 0.5) is 5.82 Å². The van der Waals surface area contributed by atoms with Gasteiger partial charge in [0, 0.05) is 16.2 Å². The second-order valence-electron chi connectivity index (χ2n) is 4.36. The van der Waals surface area contributed by atoms with Crippen molar-refractivity contribution in [2.45, 2.75) is 6.92 Å². The van der Waals surface area contributed by atoms with E-state index in [9.17, 15) is 0 Å². The Balaban J connectivity index is 2.32. The Morgan fingerprint density at radius 2 is 2.05 bits per heavy atom. The van der Waals surface area contributed by atoms with Gasteiger partial charge in [0.25, 0.3) is 0 Å². The highest BCUT2D eigenvalue weighted by atomic mass is 79.9. The van der Waals surface area contributed by atoms with Gasteiger partial charge in [-0.1, -0.05) is 29.8 Å². The summed E-state index contributed by atoms with van der Waals surface area (Å²) in [5.74, 6) is 0.587. The summed E-state index contributed by atoms with van der Waals surface area (Å²) in [6, 6.07) is 9.55. The van der Waals surface area contributed by atoms with Crippen molar-refractivity contribution in [2.24, 2.45) is 0 Å². The van der Waals surface area contributed by atoms with Crippen molar-refractivity contribution in [3.63, 3.8) is 0 Å². The van der Waals surface area contributed by atoms with Gasteiger partial charge in [-0.2, -0.15) is 0 Å². The number of nitrogens with zero attached hydrogens (tertiary/aromatic N) is 2. The van der Waals surface area contributed by atoms with E-state index in [1.807, 2.05) is 47.9 Å². The van der Waals surface area contributed by atoms with Crippen molar-refractivity contribution in [3.8, 4) is 11.3 Å². The van der Waals surface area contributed by atoms with Crippen molar-refractivity contribution in [1.82, 2.24) is 9.38 Å². The second kappa shape index (κ2) is 4.54. The van der Waals surface area contributed by atoms with Gasteiger partial charge in [0.2, 0.25) is 0 Å². The summed E-state index contributed by atoms with van der Waals surface area (Å²) in [4.78, 5) is 4.58. The Morgan fingerprint density at radius 1 is 1.32 bits per heavy atom. The SMILES string of the molecule is Cc1cc2nc(-c3ccccc3Cl)c(N)n2cc1Br. The summed E-state index contributed by atoms with van der Waals surface area (Å²) in [5.41, 5.74) is 9.66. The Bertz CT molecular complexity index is 780. The molecule has 0 radical (unpaired) electrons. The number of rotatable bonds is 1. The molecule has 0 fully saturated rings. The first kappa shape index (κ1) is 12.5. The summed E-state index contributed by atoms with van der Waals surface area (Å²) in [7, 11) is 0. The number of nitrogens with two attached hydrogens (primary N) is 1. The number of nitrogen functional groups attached to an aromatic ring is 1. The molecular weight excluding hydrogens is 326 g/mol. The van der Waals surface area contributed by atoms with E-state index in [2.05, 4.69) is 20.9 Å². The second-order valence-corrected chi connectivity index (χ2v) is 5.62. The normalized spacial score (nSPS) is 11.1. The smallest absolute Gasteiger partial charge is 0.139 e. The molecule has 96 valence electrons. The molecule has 0 aliphatic carbocycles.